The SMILES string of the molecule is Clc1ccc(OC[C@@H]2CCNC2)cc1. The van der Waals surface area contributed by atoms with Crippen LogP contribution in [-0.4, -0.2) is 19.7 Å². The molecule has 0 radical (unpaired) electrons. The molecular weight excluding hydrogens is 198 g/mol. The predicted octanol–water partition coefficient (Wildman–Crippen LogP) is 2.33. The Morgan fingerprint density at radius 1 is 1.36 bits per heavy atom. The van der Waals surface area contributed by atoms with Crippen molar-refractivity contribution < 1.29 is 4.74 Å². The Bertz CT molecular complexity index is 280. The van der Waals surface area contributed by atoms with Crippen LogP contribution in [0.25, 0.3) is 0 Å². The molecule has 1 saturated heterocycles. The smallest absolute Gasteiger partial charge is 0.119 e. The quantitative estimate of drug-likeness (QED) is 0.829. The highest BCUT2D eigenvalue weighted by Crippen LogP contribution is 2.17. The average molecular weight is 212 g/mol. The standard InChI is InChI=1S/C11H14ClNO/c12-10-1-3-11(4-2-10)14-8-9-5-6-13-7-9/h1-4,9,13H,5-8H2/t9-/m1/s1. The largest absolute Gasteiger partial charge is 0.493 e. The topological polar surface area (TPSA) is 21.3 Å². The van der Waals surface area contributed by atoms with E-state index in [9.17, 15) is 0 Å². The monoisotopic (exact) mass is 211 g/mol. The second-order valence-corrected chi connectivity index (χ2v) is 4.06. The molecule has 0 aliphatic carbocycles. The van der Waals surface area contributed by atoms with Crippen LogP contribution in [0.4, 0.5) is 0 Å². The van der Waals surface area contributed by atoms with Gasteiger partial charge in [0.25, 0.3) is 0 Å². The summed E-state index contributed by atoms with van der Waals surface area (Å²) >= 11 is 5.77. The Kier molecular flexibility index (Phi) is 3.27. The van der Waals surface area contributed by atoms with E-state index in [1.165, 1.54) is 6.42 Å². The Labute approximate surface area is 89.2 Å². The van der Waals surface area contributed by atoms with Crippen LogP contribution in [0.5, 0.6) is 5.75 Å². The molecular formula is C11H14ClNO. The lowest BCUT2D eigenvalue weighted by Crippen LogP contribution is -2.15. The van der Waals surface area contributed by atoms with Crippen LogP contribution >= 0.6 is 11.6 Å². The third kappa shape index (κ3) is 2.63. The van der Waals surface area contributed by atoms with Crippen molar-refractivity contribution in [1.29, 1.82) is 0 Å². The van der Waals surface area contributed by atoms with Crippen molar-refractivity contribution in [3.63, 3.8) is 0 Å². The number of rotatable bonds is 3. The summed E-state index contributed by atoms with van der Waals surface area (Å²) in [6.45, 7) is 3.00. The number of hydrogen-bond acceptors (Lipinski definition) is 2. The average Bonchev–Trinajstić information content (AvgIpc) is 2.70. The molecule has 2 rings (SSSR count). The molecule has 0 aromatic heterocycles. The molecule has 0 spiro atoms. The van der Waals surface area contributed by atoms with Gasteiger partial charge < -0.3 is 10.1 Å². The van der Waals surface area contributed by atoms with Crippen molar-refractivity contribution in [2.45, 2.75) is 6.42 Å². The van der Waals surface area contributed by atoms with Crippen LogP contribution in [0, 0.1) is 5.92 Å². The molecule has 2 nitrogen and oxygen atoms in total. The number of benzene rings is 1. The molecule has 1 aliphatic rings. The Hall–Kier alpha value is -0.730. The molecule has 76 valence electrons. The van der Waals surface area contributed by atoms with Crippen molar-refractivity contribution >= 4 is 11.6 Å². The zero-order valence-corrected chi connectivity index (χ0v) is 8.76. The fraction of sp³-hybridized carbons (Fsp3) is 0.455. The summed E-state index contributed by atoms with van der Waals surface area (Å²) in [4.78, 5) is 0. The molecule has 0 bridgehead atoms. The van der Waals surface area contributed by atoms with Crippen molar-refractivity contribution in [3.8, 4) is 5.75 Å². The van der Waals surface area contributed by atoms with Crippen LogP contribution < -0.4 is 10.1 Å². The van der Waals surface area contributed by atoms with E-state index in [4.69, 9.17) is 16.3 Å². The number of hydrogen-bond donors (Lipinski definition) is 1. The number of halogens is 1. The van der Waals surface area contributed by atoms with Gasteiger partial charge in [-0.15, -0.1) is 0 Å². The molecule has 1 heterocycles. The lowest BCUT2D eigenvalue weighted by atomic mass is 10.1. The summed E-state index contributed by atoms with van der Waals surface area (Å²) in [6.07, 6.45) is 1.22. The number of nitrogens with one attached hydrogen (secondary N) is 1. The maximum Gasteiger partial charge on any atom is 0.119 e. The molecule has 14 heavy (non-hydrogen) atoms. The molecule has 0 amide bonds. The van der Waals surface area contributed by atoms with E-state index >= 15 is 0 Å². The second kappa shape index (κ2) is 4.67. The molecule has 0 unspecified atom stereocenters. The lowest BCUT2D eigenvalue weighted by molar-refractivity contribution is 0.260. The van der Waals surface area contributed by atoms with Gasteiger partial charge in [-0.05, 0) is 37.2 Å². The zero-order chi connectivity index (χ0) is 9.80. The van der Waals surface area contributed by atoms with E-state index in [-0.39, 0.29) is 0 Å². The second-order valence-electron chi connectivity index (χ2n) is 3.62. The van der Waals surface area contributed by atoms with Crippen molar-refractivity contribution in [1.82, 2.24) is 5.32 Å². The minimum absolute atomic E-state index is 0.658. The van der Waals surface area contributed by atoms with E-state index in [0.29, 0.717) is 5.92 Å². The van der Waals surface area contributed by atoms with E-state index in [1.54, 1.807) is 0 Å². The molecule has 1 atom stereocenters. The number of ether oxygens (including phenoxy) is 1. The first-order valence-electron chi connectivity index (χ1n) is 4.94. The maximum atomic E-state index is 5.77. The van der Waals surface area contributed by atoms with Crippen LogP contribution in [0.15, 0.2) is 24.3 Å². The molecule has 1 fully saturated rings. The highest BCUT2D eigenvalue weighted by atomic mass is 35.5. The van der Waals surface area contributed by atoms with E-state index in [1.807, 2.05) is 24.3 Å². The minimum Gasteiger partial charge on any atom is -0.493 e. The predicted molar refractivity (Wildman–Crippen MR) is 57.9 cm³/mol. The zero-order valence-electron chi connectivity index (χ0n) is 8.00. The fourth-order valence-corrected chi connectivity index (χ4v) is 1.73. The van der Waals surface area contributed by atoms with Gasteiger partial charge in [0.05, 0.1) is 6.61 Å². The fourth-order valence-electron chi connectivity index (χ4n) is 1.60. The summed E-state index contributed by atoms with van der Waals surface area (Å²) in [5.41, 5.74) is 0. The highest BCUT2D eigenvalue weighted by molar-refractivity contribution is 6.30. The van der Waals surface area contributed by atoms with Gasteiger partial charge in [0.2, 0.25) is 0 Å². The van der Waals surface area contributed by atoms with Crippen LogP contribution in [0.3, 0.4) is 0 Å². The van der Waals surface area contributed by atoms with E-state index in [2.05, 4.69) is 5.32 Å². The van der Waals surface area contributed by atoms with Gasteiger partial charge >= 0.3 is 0 Å². The molecule has 1 N–H and O–H groups in total. The molecule has 1 aliphatic heterocycles. The Morgan fingerprint density at radius 2 is 2.14 bits per heavy atom. The van der Waals surface area contributed by atoms with Crippen molar-refractivity contribution in [2.24, 2.45) is 5.92 Å². The van der Waals surface area contributed by atoms with Crippen molar-refractivity contribution in [2.75, 3.05) is 19.7 Å². The third-order valence-electron chi connectivity index (χ3n) is 2.46. The first kappa shape index (κ1) is 9.81. The summed E-state index contributed by atoms with van der Waals surface area (Å²) in [6, 6.07) is 7.52. The van der Waals surface area contributed by atoms with E-state index < -0.39 is 0 Å². The van der Waals surface area contributed by atoms with Crippen LogP contribution in [0.1, 0.15) is 6.42 Å². The molecule has 1 aromatic carbocycles. The van der Waals surface area contributed by atoms with Crippen LogP contribution in [-0.2, 0) is 0 Å². The van der Waals surface area contributed by atoms with Gasteiger partial charge in [-0.3, -0.25) is 0 Å². The maximum absolute atomic E-state index is 5.77. The first-order valence-corrected chi connectivity index (χ1v) is 5.31. The summed E-state index contributed by atoms with van der Waals surface area (Å²) < 4.78 is 5.65. The molecule has 0 saturated carbocycles. The van der Waals surface area contributed by atoms with Crippen LogP contribution in [0.2, 0.25) is 5.02 Å². The van der Waals surface area contributed by atoms with E-state index in [0.717, 1.165) is 30.5 Å². The summed E-state index contributed by atoms with van der Waals surface area (Å²) in [7, 11) is 0. The third-order valence-corrected chi connectivity index (χ3v) is 2.71. The summed E-state index contributed by atoms with van der Waals surface area (Å²) in [5.74, 6) is 1.56. The van der Waals surface area contributed by atoms with Gasteiger partial charge in [0, 0.05) is 17.5 Å². The van der Waals surface area contributed by atoms with Gasteiger partial charge in [0.1, 0.15) is 5.75 Å². The first-order chi connectivity index (χ1) is 6.84. The summed E-state index contributed by atoms with van der Waals surface area (Å²) in [5, 5.41) is 4.07. The normalized spacial score (nSPS) is 21.1. The lowest BCUT2D eigenvalue weighted by Gasteiger charge is -2.10. The van der Waals surface area contributed by atoms with Gasteiger partial charge in [-0.25, -0.2) is 0 Å². The molecule has 1 aromatic rings. The van der Waals surface area contributed by atoms with Gasteiger partial charge in [0.15, 0.2) is 0 Å². The molecule has 3 heteroatoms. The Balaban J connectivity index is 1.82. The minimum atomic E-state index is 0.658. The van der Waals surface area contributed by atoms with Gasteiger partial charge in [-0.2, -0.15) is 0 Å². The van der Waals surface area contributed by atoms with Gasteiger partial charge in [-0.1, -0.05) is 11.6 Å². The van der Waals surface area contributed by atoms with Crippen molar-refractivity contribution in [3.05, 3.63) is 29.3 Å². The highest BCUT2D eigenvalue weighted by Gasteiger charge is 2.14. The Morgan fingerprint density at radius 3 is 2.79 bits per heavy atom.